The van der Waals surface area contributed by atoms with Gasteiger partial charge in [-0.05, 0) is 84.3 Å². The number of aliphatic imine (C=N–C) groups is 2. The molecule has 10 rings (SSSR count). The molecule has 0 aliphatic carbocycles. The molecule has 0 unspecified atom stereocenters. The molecule has 0 amide bonds. The normalized spacial score (nSPS) is 11.3. The van der Waals surface area contributed by atoms with Crippen molar-refractivity contribution in [3.8, 4) is 23.1 Å². The van der Waals surface area contributed by atoms with Gasteiger partial charge in [0.2, 0.25) is 0 Å². The van der Waals surface area contributed by atoms with Gasteiger partial charge in [-0.3, -0.25) is 20.0 Å². The minimum absolute atomic E-state index is 0. The summed E-state index contributed by atoms with van der Waals surface area (Å²) in [6.45, 7) is 17.4. The minimum atomic E-state index is -0.173. The van der Waals surface area contributed by atoms with Crippen LogP contribution in [0, 0.1) is 13.8 Å². The number of pyridine rings is 2. The fraction of sp³-hybridized carbons (Fsp3) is 0.206. The van der Waals surface area contributed by atoms with Crippen molar-refractivity contribution in [3.63, 3.8) is 0 Å². The van der Waals surface area contributed by atoms with E-state index in [1.165, 1.54) is 20.5 Å². The molecule has 4 aromatic heterocycles. The average Bonchev–Trinajstić information content (AvgIpc) is 3.97. The summed E-state index contributed by atoms with van der Waals surface area (Å²) in [7, 11) is 0. The third kappa shape index (κ3) is 18.1. The van der Waals surface area contributed by atoms with E-state index in [1.807, 2.05) is 196 Å². The van der Waals surface area contributed by atoms with E-state index in [2.05, 4.69) is 86.0 Å². The Labute approximate surface area is 508 Å². The van der Waals surface area contributed by atoms with Gasteiger partial charge in [0.25, 0.3) is 0 Å². The second-order valence-electron chi connectivity index (χ2n) is 20.9. The predicted molar refractivity (Wildman–Crippen MR) is 313 cm³/mol. The second kappa shape index (κ2) is 31.4. The first kappa shape index (κ1) is 65.0. The molecular formula is C68H68N8O4Zn2. The summed E-state index contributed by atoms with van der Waals surface area (Å²) in [5, 5.41) is 56.2. The van der Waals surface area contributed by atoms with Gasteiger partial charge in [0.15, 0.2) is 0 Å². The van der Waals surface area contributed by atoms with Crippen molar-refractivity contribution in [2.75, 3.05) is 0 Å². The van der Waals surface area contributed by atoms with Crippen LogP contribution in [0.4, 0.5) is 0 Å². The Morgan fingerprint density at radius 2 is 0.720 bits per heavy atom. The zero-order valence-electron chi connectivity index (χ0n) is 48.2. The number of aryl methyl sites for hydroxylation is 2. The van der Waals surface area contributed by atoms with Crippen molar-refractivity contribution in [1.82, 2.24) is 29.5 Å². The van der Waals surface area contributed by atoms with Crippen LogP contribution in [-0.4, -0.2) is 41.0 Å². The summed E-state index contributed by atoms with van der Waals surface area (Å²) < 4.78 is 2.90. The Morgan fingerprint density at radius 3 is 0.988 bits per heavy atom. The van der Waals surface area contributed by atoms with Crippen molar-refractivity contribution >= 4 is 11.4 Å². The molecule has 0 aliphatic rings. The maximum Gasteiger partial charge on any atom is 2.00 e. The van der Waals surface area contributed by atoms with Crippen molar-refractivity contribution in [2.24, 2.45) is 9.98 Å². The third-order valence-corrected chi connectivity index (χ3v) is 12.8. The van der Waals surface area contributed by atoms with E-state index in [0.29, 0.717) is 47.0 Å². The molecule has 10 aromatic rings. The molecule has 0 spiro atoms. The molecule has 408 valence electrons. The zero-order valence-corrected chi connectivity index (χ0v) is 54.2. The molecule has 12 nitrogen and oxygen atoms in total. The molecule has 0 fully saturated rings. The molecule has 0 saturated heterocycles. The van der Waals surface area contributed by atoms with E-state index >= 15 is 0 Å². The Kier molecular flexibility index (Phi) is 24.9. The zero-order chi connectivity index (χ0) is 57.1. The van der Waals surface area contributed by atoms with Crippen molar-refractivity contribution < 1.29 is 59.4 Å². The van der Waals surface area contributed by atoms with Crippen molar-refractivity contribution in [1.29, 1.82) is 0 Å². The Hall–Kier alpha value is -7.85. The standard InChI is InChI=1S/2C27H28N4O.2C7H7O.2Zn/c2*1-19-24(26(32)31(30-19)23-11-6-5-7-12-23)25(29-18-22-10-8-9-17-28-22)20-13-15-21(16-14-20)27(2,3)4;2*8-6-7-4-2-1-3-5-7;;/h2*5-17,32H,18H2,1-4H3;2*1-5H,6H2;;/q;;2*-1;2*+2/p-2. The maximum absolute atomic E-state index is 13.4. The largest absolute Gasteiger partial charge is 2.00 e. The monoisotopic (exact) mass is 1190 g/mol. The number of hydrogen-bond donors (Lipinski definition) is 0. The van der Waals surface area contributed by atoms with Crippen LogP contribution >= 0.6 is 0 Å². The summed E-state index contributed by atoms with van der Waals surface area (Å²) in [5.41, 5.74) is 12.8. The summed E-state index contributed by atoms with van der Waals surface area (Å²) in [5.74, 6) is -0.346. The summed E-state index contributed by atoms with van der Waals surface area (Å²) >= 11 is 0. The van der Waals surface area contributed by atoms with Crippen LogP contribution in [-0.2, 0) is 76.1 Å². The fourth-order valence-electron chi connectivity index (χ4n) is 8.38. The van der Waals surface area contributed by atoms with Crippen LogP contribution in [0.2, 0.25) is 0 Å². The van der Waals surface area contributed by atoms with E-state index in [-0.39, 0.29) is 74.8 Å². The quantitative estimate of drug-likeness (QED) is 0.0856. The number of rotatable bonds is 12. The Bertz CT molecular complexity index is 3290. The smallest absolute Gasteiger partial charge is 0.858 e. The molecule has 0 saturated carbocycles. The van der Waals surface area contributed by atoms with E-state index in [9.17, 15) is 20.4 Å². The molecule has 0 bridgehead atoms. The van der Waals surface area contributed by atoms with Crippen LogP contribution < -0.4 is 20.4 Å². The average molecular weight is 1190 g/mol. The topological polar surface area (TPSA) is 178 Å². The van der Waals surface area contributed by atoms with Crippen molar-refractivity contribution in [2.45, 2.75) is 92.5 Å². The van der Waals surface area contributed by atoms with Crippen LogP contribution in [0.3, 0.4) is 0 Å². The van der Waals surface area contributed by atoms with Gasteiger partial charge in [0, 0.05) is 46.4 Å². The molecule has 4 heterocycles. The van der Waals surface area contributed by atoms with Gasteiger partial charge in [-0.2, -0.15) is 10.2 Å². The first-order valence-electron chi connectivity index (χ1n) is 26.5. The van der Waals surface area contributed by atoms with Gasteiger partial charge in [0.1, 0.15) is 0 Å². The molecule has 0 aliphatic heterocycles. The van der Waals surface area contributed by atoms with Gasteiger partial charge in [-0.1, -0.05) is 210 Å². The summed E-state index contributed by atoms with van der Waals surface area (Å²) in [4.78, 5) is 18.5. The maximum atomic E-state index is 13.4. The second-order valence-corrected chi connectivity index (χ2v) is 20.9. The molecule has 0 atom stereocenters. The molecule has 82 heavy (non-hydrogen) atoms. The van der Waals surface area contributed by atoms with Crippen LogP contribution in [0.5, 0.6) is 11.8 Å². The SMILES string of the molecule is Cc1nn(-c2ccccc2)c([O-])c1C(=NCc1ccccn1)c1ccc(C(C)(C)C)cc1.Cc1nn(-c2ccccc2)c([O-])c1C(=NCc1ccccn1)c1ccc(C(C)(C)C)cc1.[O-]Cc1ccccc1.[O-]Cc1ccccc1.[Zn+2].[Zn+2]. The van der Waals surface area contributed by atoms with E-state index < -0.39 is 0 Å². The molecule has 6 aromatic carbocycles. The Morgan fingerprint density at radius 1 is 0.415 bits per heavy atom. The van der Waals surface area contributed by atoms with Gasteiger partial charge in [0.05, 0.1) is 58.7 Å². The minimum Gasteiger partial charge on any atom is -0.858 e. The fourth-order valence-corrected chi connectivity index (χ4v) is 8.38. The van der Waals surface area contributed by atoms with Gasteiger partial charge >= 0.3 is 39.0 Å². The molecular weight excluding hydrogens is 1120 g/mol. The summed E-state index contributed by atoms with van der Waals surface area (Å²) in [6.07, 6.45) is 3.50. The van der Waals surface area contributed by atoms with E-state index in [4.69, 9.17) is 9.98 Å². The van der Waals surface area contributed by atoms with Crippen LogP contribution in [0.25, 0.3) is 11.4 Å². The molecule has 0 radical (unpaired) electrons. The van der Waals surface area contributed by atoms with Crippen molar-refractivity contribution in [3.05, 3.63) is 286 Å². The van der Waals surface area contributed by atoms with Crippen LogP contribution in [0.1, 0.15) is 109 Å². The molecule has 0 N–H and O–H groups in total. The first-order chi connectivity index (χ1) is 38.5. The van der Waals surface area contributed by atoms with Gasteiger partial charge in [-0.25, -0.2) is 9.36 Å². The predicted octanol–water partition coefficient (Wildman–Crippen LogP) is 11.1. The number of para-hydroxylation sites is 2. The number of aromatic nitrogens is 6. The number of nitrogens with zero attached hydrogens (tertiary/aromatic N) is 8. The Balaban J connectivity index is 0.000000232. The number of benzene rings is 6. The van der Waals surface area contributed by atoms with Gasteiger partial charge in [-0.15, -0.1) is 13.2 Å². The molecule has 14 heteroatoms. The van der Waals surface area contributed by atoms with Gasteiger partial charge < -0.3 is 20.4 Å². The van der Waals surface area contributed by atoms with E-state index in [1.54, 1.807) is 12.4 Å². The number of hydrogen-bond acceptors (Lipinski definition) is 10. The third-order valence-electron chi connectivity index (χ3n) is 12.8. The summed E-state index contributed by atoms with van der Waals surface area (Å²) in [6, 6.07) is 65.6. The van der Waals surface area contributed by atoms with Crippen LogP contribution in [0.15, 0.2) is 229 Å². The van der Waals surface area contributed by atoms with E-state index in [0.717, 1.165) is 45.0 Å². The first-order valence-corrected chi connectivity index (χ1v) is 26.5.